The maximum atomic E-state index is 5.37. The molecule has 0 aliphatic carbocycles. The number of nitrogens with one attached hydrogen (secondary N) is 1. The van der Waals surface area contributed by atoms with Crippen molar-refractivity contribution in [3.63, 3.8) is 0 Å². The van der Waals surface area contributed by atoms with E-state index in [2.05, 4.69) is 49.2 Å². The molecule has 0 unspecified atom stereocenters. The minimum atomic E-state index is 0.127. The Morgan fingerprint density at radius 3 is 2.58 bits per heavy atom. The minimum Gasteiger partial charge on any atom is -0.379 e. The molecule has 0 bridgehead atoms. The van der Waals surface area contributed by atoms with Crippen LogP contribution >= 0.6 is 0 Å². The van der Waals surface area contributed by atoms with Gasteiger partial charge in [-0.3, -0.25) is 9.88 Å². The summed E-state index contributed by atoms with van der Waals surface area (Å²) in [6.45, 7) is 11.9. The van der Waals surface area contributed by atoms with Gasteiger partial charge in [-0.25, -0.2) is 0 Å². The van der Waals surface area contributed by atoms with Crippen LogP contribution in [0.15, 0.2) is 18.2 Å². The standard InChI is InChI=1S/C15H25N3O/c1-15(2,3)16-11-13-5-4-6-14(17-13)12-18-7-9-19-10-8-18/h4-6,16H,7-12H2,1-3H3. The van der Waals surface area contributed by atoms with Gasteiger partial charge in [0.25, 0.3) is 0 Å². The van der Waals surface area contributed by atoms with E-state index in [0.29, 0.717) is 0 Å². The van der Waals surface area contributed by atoms with Crippen molar-refractivity contribution in [2.24, 2.45) is 0 Å². The van der Waals surface area contributed by atoms with Gasteiger partial charge in [-0.05, 0) is 32.9 Å². The molecule has 0 atom stereocenters. The quantitative estimate of drug-likeness (QED) is 0.899. The predicted octanol–water partition coefficient (Wildman–Crippen LogP) is 1.80. The van der Waals surface area contributed by atoms with Crippen molar-refractivity contribution in [1.29, 1.82) is 0 Å². The molecule has 1 saturated heterocycles. The molecule has 2 heterocycles. The third kappa shape index (κ3) is 5.27. The highest BCUT2D eigenvalue weighted by atomic mass is 16.5. The fourth-order valence-corrected chi connectivity index (χ4v) is 2.06. The highest BCUT2D eigenvalue weighted by Gasteiger charge is 2.12. The van der Waals surface area contributed by atoms with Gasteiger partial charge in [0.1, 0.15) is 0 Å². The average Bonchev–Trinajstić information content (AvgIpc) is 2.37. The number of aromatic nitrogens is 1. The third-order valence-electron chi connectivity index (χ3n) is 3.15. The van der Waals surface area contributed by atoms with Crippen molar-refractivity contribution in [3.8, 4) is 0 Å². The number of nitrogens with zero attached hydrogens (tertiary/aromatic N) is 2. The lowest BCUT2D eigenvalue weighted by atomic mass is 10.1. The molecule has 19 heavy (non-hydrogen) atoms. The smallest absolute Gasteiger partial charge is 0.0594 e. The molecule has 2 rings (SSSR count). The molecule has 0 radical (unpaired) electrons. The second kappa shape index (κ2) is 6.46. The molecule has 1 aliphatic heterocycles. The number of hydrogen-bond donors (Lipinski definition) is 1. The molecule has 4 heteroatoms. The molecule has 0 amide bonds. The maximum Gasteiger partial charge on any atom is 0.0594 e. The molecular formula is C15H25N3O. The van der Waals surface area contributed by atoms with Gasteiger partial charge in [-0.1, -0.05) is 6.07 Å². The van der Waals surface area contributed by atoms with E-state index < -0.39 is 0 Å². The van der Waals surface area contributed by atoms with Crippen LogP contribution in [0.25, 0.3) is 0 Å². The van der Waals surface area contributed by atoms with Crippen molar-refractivity contribution in [2.75, 3.05) is 26.3 Å². The summed E-state index contributed by atoms with van der Waals surface area (Å²) < 4.78 is 5.37. The molecule has 4 nitrogen and oxygen atoms in total. The zero-order valence-electron chi connectivity index (χ0n) is 12.3. The lowest BCUT2D eigenvalue weighted by molar-refractivity contribution is 0.0336. The molecule has 106 valence electrons. The first-order valence-electron chi connectivity index (χ1n) is 7.03. The van der Waals surface area contributed by atoms with Gasteiger partial charge in [0.15, 0.2) is 0 Å². The summed E-state index contributed by atoms with van der Waals surface area (Å²) in [4.78, 5) is 7.12. The second-order valence-electron chi connectivity index (χ2n) is 6.11. The number of rotatable bonds is 4. The van der Waals surface area contributed by atoms with Gasteiger partial charge in [0.05, 0.1) is 24.6 Å². The van der Waals surface area contributed by atoms with E-state index in [9.17, 15) is 0 Å². The fourth-order valence-electron chi connectivity index (χ4n) is 2.06. The Kier molecular flexibility index (Phi) is 4.91. The van der Waals surface area contributed by atoms with Crippen molar-refractivity contribution < 1.29 is 4.74 Å². The highest BCUT2D eigenvalue weighted by molar-refractivity contribution is 5.11. The lowest BCUT2D eigenvalue weighted by Crippen LogP contribution is -2.36. The van der Waals surface area contributed by atoms with Crippen molar-refractivity contribution in [1.82, 2.24) is 15.2 Å². The van der Waals surface area contributed by atoms with E-state index in [1.54, 1.807) is 0 Å². The van der Waals surface area contributed by atoms with Gasteiger partial charge in [0, 0.05) is 31.7 Å². The summed E-state index contributed by atoms with van der Waals surface area (Å²) in [7, 11) is 0. The first kappa shape index (κ1) is 14.4. The molecule has 0 aromatic carbocycles. The molecular weight excluding hydrogens is 238 g/mol. The molecule has 1 aromatic rings. The normalized spacial score (nSPS) is 17.6. The predicted molar refractivity (Wildman–Crippen MR) is 76.9 cm³/mol. The van der Waals surface area contributed by atoms with Crippen LogP contribution in [-0.2, 0) is 17.8 Å². The Hall–Kier alpha value is -0.970. The van der Waals surface area contributed by atoms with E-state index >= 15 is 0 Å². The SMILES string of the molecule is CC(C)(C)NCc1cccc(CN2CCOCC2)n1. The van der Waals surface area contributed by atoms with Crippen LogP contribution in [0.1, 0.15) is 32.2 Å². The van der Waals surface area contributed by atoms with Crippen LogP contribution in [-0.4, -0.2) is 41.7 Å². The van der Waals surface area contributed by atoms with E-state index in [-0.39, 0.29) is 5.54 Å². The topological polar surface area (TPSA) is 37.4 Å². The molecule has 0 saturated carbocycles. The summed E-state index contributed by atoms with van der Waals surface area (Å²) in [5.74, 6) is 0. The average molecular weight is 263 g/mol. The Morgan fingerprint density at radius 1 is 1.21 bits per heavy atom. The number of ether oxygens (including phenoxy) is 1. The Labute approximate surface area is 116 Å². The van der Waals surface area contributed by atoms with E-state index in [1.165, 1.54) is 0 Å². The highest BCUT2D eigenvalue weighted by Crippen LogP contribution is 2.07. The van der Waals surface area contributed by atoms with Gasteiger partial charge < -0.3 is 10.1 Å². The first-order valence-corrected chi connectivity index (χ1v) is 7.03. The minimum absolute atomic E-state index is 0.127. The Balaban J connectivity index is 1.90. The summed E-state index contributed by atoms with van der Waals surface area (Å²) in [6, 6.07) is 6.29. The maximum absolute atomic E-state index is 5.37. The molecule has 1 fully saturated rings. The van der Waals surface area contributed by atoms with Gasteiger partial charge in [-0.15, -0.1) is 0 Å². The van der Waals surface area contributed by atoms with Gasteiger partial charge >= 0.3 is 0 Å². The Morgan fingerprint density at radius 2 is 1.89 bits per heavy atom. The zero-order chi connectivity index (χ0) is 13.7. The van der Waals surface area contributed by atoms with E-state index in [4.69, 9.17) is 9.72 Å². The number of pyridine rings is 1. The molecule has 0 spiro atoms. The summed E-state index contributed by atoms with van der Waals surface area (Å²) >= 11 is 0. The number of hydrogen-bond acceptors (Lipinski definition) is 4. The summed E-state index contributed by atoms with van der Waals surface area (Å²) in [5.41, 5.74) is 2.39. The fraction of sp³-hybridized carbons (Fsp3) is 0.667. The summed E-state index contributed by atoms with van der Waals surface area (Å²) in [5, 5.41) is 3.47. The first-order chi connectivity index (χ1) is 9.03. The van der Waals surface area contributed by atoms with Gasteiger partial charge in [-0.2, -0.15) is 0 Å². The molecule has 1 N–H and O–H groups in total. The van der Waals surface area contributed by atoms with Crippen LogP contribution < -0.4 is 5.32 Å². The third-order valence-corrected chi connectivity index (χ3v) is 3.15. The molecule has 1 aliphatic rings. The van der Waals surface area contributed by atoms with E-state index in [0.717, 1.165) is 50.8 Å². The van der Waals surface area contributed by atoms with Crippen LogP contribution in [0, 0.1) is 0 Å². The van der Waals surface area contributed by atoms with Crippen molar-refractivity contribution in [2.45, 2.75) is 39.4 Å². The van der Waals surface area contributed by atoms with Gasteiger partial charge in [0.2, 0.25) is 0 Å². The van der Waals surface area contributed by atoms with Crippen molar-refractivity contribution >= 4 is 0 Å². The largest absolute Gasteiger partial charge is 0.379 e. The van der Waals surface area contributed by atoms with Crippen LogP contribution in [0.3, 0.4) is 0 Å². The zero-order valence-corrected chi connectivity index (χ0v) is 12.3. The lowest BCUT2D eigenvalue weighted by Gasteiger charge is -2.26. The van der Waals surface area contributed by atoms with Crippen molar-refractivity contribution in [3.05, 3.63) is 29.6 Å². The summed E-state index contributed by atoms with van der Waals surface area (Å²) in [6.07, 6.45) is 0. The van der Waals surface area contributed by atoms with Crippen LogP contribution in [0.2, 0.25) is 0 Å². The van der Waals surface area contributed by atoms with Crippen LogP contribution in [0.5, 0.6) is 0 Å². The second-order valence-corrected chi connectivity index (χ2v) is 6.11. The monoisotopic (exact) mass is 263 g/mol. The van der Waals surface area contributed by atoms with Crippen LogP contribution in [0.4, 0.5) is 0 Å². The Bertz CT molecular complexity index is 395. The molecule has 1 aromatic heterocycles. The number of morpholine rings is 1. The van der Waals surface area contributed by atoms with E-state index in [1.807, 2.05) is 0 Å².